The van der Waals surface area contributed by atoms with E-state index in [0.29, 0.717) is 17.9 Å². The lowest BCUT2D eigenvalue weighted by Gasteiger charge is -2.17. The van der Waals surface area contributed by atoms with Crippen molar-refractivity contribution in [1.29, 1.82) is 5.26 Å². The first kappa shape index (κ1) is 11.6. The fraction of sp³-hybridized carbons (Fsp3) is 0.250. The molecule has 0 saturated heterocycles. The van der Waals surface area contributed by atoms with Gasteiger partial charge in [0.05, 0.1) is 12.1 Å². The molecule has 0 aliphatic heterocycles. The van der Waals surface area contributed by atoms with Crippen LogP contribution in [0.5, 0.6) is 0 Å². The van der Waals surface area contributed by atoms with Gasteiger partial charge in [0.25, 0.3) is 0 Å². The Kier molecular flexibility index (Phi) is 3.35. The minimum absolute atomic E-state index is 0.586. The molecule has 0 unspecified atom stereocenters. The molecule has 2 rings (SSSR count). The molecule has 86 valence electrons. The van der Waals surface area contributed by atoms with Crippen molar-refractivity contribution in [3.63, 3.8) is 0 Å². The van der Waals surface area contributed by atoms with Gasteiger partial charge < -0.3 is 4.90 Å². The van der Waals surface area contributed by atoms with Crippen LogP contribution < -0.4 is 4.90 Å². The monoisotopic (exact) mass is 244 g/mol. The summed E-state index contributed by atoms with van der Waals surface area (Å²) >= 11 is 1.62. The summed E-state index contributed by atoms with van der Waals surface area (Å²) < 4.78 is 0. The van der Waals surface area contributed by atoms with Crippen molar-refractivity contribution in [3.8, 4) is 6.07 Å². The SMILES string of the molecule is Cc1csc(CN(C)c2ncccc2C#N)n1. The van der Waals surface area contributed by atoms with Crippen molar-refractivity contribution in [1.82, 2.24) is 9.97 Å². The largest absolute Gasteiger partial charge is 0.352 e. The number of thiazole rings is 1. The molecule has 0 aromatic carbocycles. The van der Waals surface area contributed by atoms with Crippen LogP contribution in [0.4, 0.5) is 5.82 Å². The number of nitrogens with zero attached hydrogens (tertiary/aromatic N) is 4. The Bertz CT molecular complexity index is 556. The second kappa shape index (κ2) is 4.93. The molecule has 0 atom stereocenters. The van der Waals surface area contributed by atoms with Crippen LogP contribution in [-0.2, 0) is 6.54 Å². The summed E-state index contributed by atoms with van der Waals surface area (Å²) in [6.45, 7) is 2.64. The lowest BCUT2D eigenvalue weighted by Crippen LogP contribution is -2.18. The zero-order valence-corrected chi connectivity index (χ0v) is 10.5. The van der Waals surface area contributed by atoms with E-state index in [1.807, 2.05) is 24.3 Å². The van der Waals surface area contributed by atoms with E-state index in [1.54, 1.807) is 29.7 Å². The maximum atomic E-state index is 9.01. The van der Waals surface area contributed by atoms with E-state index in [0.717, 1.165) is 10.7 Å². The molecular weight excluding hydrogens is 232 g/mol. The van der Waals surface area contributed by atoms with Crippen LogP contribution in [0, 0.1) is 18.3 Å². The predicted molar refractivity (Wildman–Crippen MR) is 67.9 cm³/mol. The topological polar surface area (TPSA) is 52.8 Å². The van der Waals surface area contributed by atoms with Gasteiger partial charge in [-0.3, -0.25) is 0 Å². The van der Waals surface area contributed by atoms with Gasteiger partial charge in [-0.25, -0.2) is 9.97 Å². The summed E-state index contributed by atoms with van der Waals surface area (Å²) in [4.78, 5) is 10.6. The van der Waals surface area contributed by atoms with Gasteiger partial charge in [-0.05, 0) is 19.1 Å². The summed E-state index contributed by atoms with van der Waals surface area (Å²) in [6, 6.07) is 5.68. The number of nitriles is 1. The zero-order valence-electron chi connectivity index (χ0n) is 9.71. The van der Waals surface area contributed by atoms with E-state index in [9.17, 15) is 0 Å². The van der Waals surface area contributed by atoms with E-state index in [1.165, 1.54) is 0 Å². The Balaban J connectivity index is 2.20. The Morgan fingerprint density at radius 3 is 3.00 bits per heavy atom. The molecule has 0 aliphatic rings. The van der Waals surface area contributed by atoms with E-state index in [2.05, 4.69) is 16.0 Å². The third-order valence-electron chi connectivity index (χ3n) is 2.31. The Morgan fingerprint density at radius 1 is 1.53 bits per heavy atom. The number of anilines is 1. The first-order chi connectivity index (χ1) is 8.20. The van der Waals surface area contributed by atoms with Crippen LogP contribution in [0.15, 0.2) is 23.7 Å². The lowest BCUT2D eigenvalue weighted by atomic mass is 10.2. The Hall–Kier alpha value is -1.93. The highest BCUT2D eigenvalue weighted by molar-refractivity contribution is 7.09. The zero-order chi connectivity index (χ0) is 12.3. The average Bonchev–Trinajstić information content (AvgIpc) is 2.74. The fourth-order valence-corrected chi connectivity index (χ4v) is 2.37. The highest BCUT2D eigenvalue weighted by Gasteiger charge is 2.10. The highest BCUT2D eigenvalue weighted by atomic mass is 32.1. The van der Waals surface area contributed by atoms with Crippen molar-refractivity contribution < 1.29 is 0 Å². The van der Waals surface area contributed by atoms with Gasteiger partial charge in [0.1, 0.15) is 16.9 Å². The molecule has 0 radical (unpaired) electrons. The van der Waals surface area contributed by atoms with Crippen molar-refractivity contribution in [3.05, 3.63) is 40.0 Å². The molecule has 2 heterocycles. The quantitative estimate of drug-likeness (QED) is 0.831. The van der Waals surface area contributed by atoms with Crippen molar-refractivity contribution in [2.75, 3.05) is 11.9 Å². The van der Waals surface area contributed by atoms with Crippen LogP contribution >= 0.6 is 11.3 Å². The van der Waals surface area contributed by atoms with Crippen LogP contribution in [0.3, 0.4) is 0 Å². The van der Waals surface area contributed by atoms with Crippen LogP contribution in [0.2, 0.25) is 0 Å². The fourth-order valence-electron chi connectivity index (χ4n) is 1.54. The molecule has 5 heteroatoms. The molecule has 0 N–H and O–H groups in total. The molecule has 17 heavy (non-hydrogen) atoms. The second-order valence-corrected chi connectivity index (χ2v) is 4.67. The summed E-state index contributed by atoms with van der Waals surface area (Å²) in [5, 5.41) is 12.1. The molecule has 2 aromatic rings. The molecule has 0 amide bonds. The van der Waals surface area contributed by atoms with E-state index in [-0.39, 0.29) is 0 Å². The van der Waals surface area contributed by atoms with E-state index in [4.69, 9.17) is 5.26 Å². The van der Waals surface area contributed by atoms with Crippen molar-refractivity contribution >= 4 is 17.2 Å². The molecule has 4 nitrogen and oxygen atoms in total. The predicted octanol–water partition coefficient (Wildman–Crippen LogP) is 2.35. The summed E-state index contributed by atoms with van der Waals surface area (Å²) in [5.74, 6) is 0.697. The molecule has 0 fully saturated rings. The average molecular weight is 244 g/mol. The standard InChI is InChI=1S/C12H12N4S/c1-9-8-17-11(15-9)7-16(2)12-10(6-13)4-3-5-14-12/h3-5,8H,7H2,1-2H3. The third kappa shape index (κ3) is 2.60. The third-order valence-corrected chi connectivity index (χ3v) is 3.26. The van der Waals surface area contributed by atoms with Crippen LogP contribution in [-0.4, -0.2) is 17.0 Å². The maximum absolute atomic E-state index is 9.01. The normalized spacial score (nSPS) is 9.94. The first-order valence-electron chi connectivity index (χ1n) is 5.18. The van der Waals surface area contributed by atoms with Gasteiger partial charge in [0, 0.05) is 24.3 Å². The number of rotatable bonds is 3. The smallest absolute Gasteiger partial charge is 0.146 e. The molecule has 0 saturated carbocycles. The summed E-state index contributed by atoms with van der Waals surface area (Å²) in [6.07, 6.45) is 1.69. The van der Waals surface area contributed by atoms with Gasteiger partial charge in [0.15, 0.2) is 0 Å². The van der Waals surface area contributed by atoms with Crippen LogP contribution in [0.25, 0.3) is 0 Å². The molecular formula is C12H12N4S. The summed E-state index contributed by atoms with van der Waals surface area (Å²) in [5.41, 5.74) is 1.61. The van der Waals surface area contributed by atoms with Gasteiger partial charge in [-0.1, -0.05) is 0 Å². The van der Waals surface area contributed by atoms with Gasteiger partial charge in [-0.2, -0.15) is 5.26 Å². The number of aryl methyl sites for hydroxylation is 1. The van der Waals surface area contributed by atoms with Crippen molar-refractivity contribution in [2.24, 2.45) is 0 Å². The maximum Gasteiger partial charge on any atom is 0.146 e. The second-order valence-electron chi connectivity index (χ2n) is 3.73. The molecule has 0 spiro atoms. The minimum atomic E-state index is 0.586. The number of aromatic nitrogens is 2. The lowest BCUT2D eigenvalue weighted by molar-refractivity contribution is 0.881. The minimum Gasteiger partial charge on any atom is -0.352 e. The number of hydrogen-bond donors (Lipinski definition) is 0. The molecule has 2 aromatic heterocycles. The van der Waals surface area contributed by atoms with Gasteiger partial charge in [0.2, 0.25) is 0 Å². The Morgan fingerprint density at radius 2 is 2.35 bits per heavy atom. The first-order valence-corrected chi connectivity index (χ1v) is 6.06. The summed E-state index contributed by atoms with van der Waals surface area (Å²) in [7, 11) is 1.92. The van der Waals surface area contributed by atoms with E-state index >= 15 is 0 Å². The highest BCUT2D eigenvalue weighted by Crippen LogP contribution is 2.18. The molecule has 0 aliphatic carbocycles. The van der Waals surface area contributed by atoms with Gasteiger partial charge in [-0.15, -0.1) is 11.3 Å². The molecule has 0 bridgehead atoms. The van der Waals surface area contributed by atoms with E-state index < -0.39 is 0 Å². The van der Waals surface area contributed by atoms with Gasteiger partial charge >= 0.3 is 0 Å². The van der Waals surface area contributed by atoms with Crippen molar-refractivity contribution in [2.45, 2.75) is 13.5 Å². The van der Waals surface area contributed by atoms with Crippen LogP contribution in [0.1, 0.15) is 16.3 Å². The Labute approximate surface area is 104 Å². The number of hydrogen-bond acceptors (Lipinski definition) is 5. The number of pyridine rings is 1.